The van der Waals surface area contributed by atoms with E-state index in [1.54, 1.807) is 12.1 Å². The number of rotatable bonds is 13. The van der Waals surface area contributed by atoms with Gasteiger partial charge in [0, 0.05) is 29.0 Å². The molecule has 2 heterocycles. The number of amides is 3. The molecule has 262 valence electrons. The van der Waals surface area contributed by atoms with Crippen LogP contribution in [0.25, 0.3) is 0 Å². The van der Waals surface area contributed by atoms with E-state index in [0.29, 0.717) is 23.6 Å². The van der Waals surface area contributed by atoms with Gasteiger partial charge in [-0.3, -0.25) is 19.5 Å². The molecule has 0 saturated heterocycles. The average molecular weight is 717 g/mol. The Hall–Kier alpha value is -5.98. The lowest BCUT2D eigenvalue weighted by molar-refractivity contribution is -0.154. The Labute approximate surface area is 285 Å². The summed E-state index contributed by atoms with van der Waals surface area (Å²) in [6.45, 7) is -2.10. The fraction of sp³-hybridized carbons (Fsp3) is 0.267. The minimum Gasteiger partial charge on any atom is -0.467 e. The number of carbonyl (C=O) groups is 4. The van der Waals surface area contributed by atoms with Crippen molar-refractivity contribution in [1.29, 1.82) is 0 Å². The summed E-state index contributed by atoms with van der Waals surface area (Å²) in [5.74, 6) is -3.91. The first-order valence-corrected chi connectivity index (χ1v) is 15.0. The highest BCUT2D eigenvalue weighted by atomic mass is 35.5. The van der Waals surface area contributed by atoms with Crippen molar-refractivity contribution >= 4 is 58.6 Å². The van der Waals surface area contributed by atoms with Gasteiger partial charge in [0.15, 0.2) is 6.61 Å². The zero-order chi connectivity index (χ0) is 35.9. The Morgan fingerprint density at radius 1 is 0.960 bits per heavy atom. The van der Waals surface area contributed by atoms with Crippen molar-refractivity contribution in [3.8, 4) is 6.01 Å². The second-order valence-electron chi connectivity index (χ2n) is 10.8. The highest BCUT2D eigenvalue weighted by Gasteiger charge is 2.45. The van der Waals surface area contributed by atoms with Gasteiger partial charge in [-0.2, -0.15) is 33.2 Å². The highest BCUT2D eigenvalue weighted by molar-refractivity contribution is 6.39. The van der Waals surface area contributed by atoms with Crippen LogP contribution in [0.5, 0.6) is 6.01 Å². The maximum absolute atomic E-state index is 13.0. The number of esters is 1. The Balaban J connectivity index is 1.25. The van der Waals surface area contributed by atoms with Crippen LogP contribution in [-0.4, -0.2) is 81.3 Å². The summed E-state index contributed by atoms with van der Waals surface area (Å²) >= 11 is 6.01. The number of ether oxygens (including phenoxy) is 2. The molecule has 0 aliphatic heterocycles. The Morgan fingerprint density at radius 2 is 1.66 bits per heavy atom. The number of aromatic amines is 1. The average Bonchev–Trinajstić information content (AvgIpc) is 3.68. The lowest BCUT2D eigenvalue weighted by Crippen LogP contribution is -2.50. The summed E-state index contributed by atoms with van der Waals surface area (Å²) in [4.78, 5) is 61.8. The second kappa shape index (κ2) is 15.1. The maximum Gasteiger partial charge on any atom is 0.422 e. The van der Waals surface area contributed by atoms with E-state index in [4.69, 9.17) is 21.1 Å². The van der Waals surface area contributed by atoms with E-state index in [0.717, 1.165) is 12.7 Å². The van der Waals surface area contributed by atoms with Gasteiger partial charge in [0.05, 0.1) is 24.5 Å². The molecule has 3 amide bonds. The molecule has 1 atom stereocenters. The van der Waals surface area contributed by atoms with E-state index < -0.39 is 60.6 Å². The maximum atomic E-state index is 13.0. The van der Waals surface area contributed by atoms with Crippen LogP contribution in [0.2, 0.25) is 5.02 Å². The number of aromatic nitrogens is 5. The topological polar surface area (TPSA) is 214 Å². The zero-order valence-electron chi connectivity index (χ0n) is 25.9. The third-order valence-corrected chi connectivity index (χ3v) is 7.35. The van der Waals surface area contributed by atoms with Crippen LogP contribution in [0.1, 0.15) is 28.8 Å². The largest absolute Gasteiger partial charge is 0.467 e. The number of nitrogens with one attached hydrogen (secondary N) is 6. The molecule has 0 bridgehead atoms. The number of carbonyl (C=O) groups excluding carboxylic acids is 4. The number of anilines is 4. The lowest BCUT2D eigenvalue weighted by Gasteiger charge is -2.19. The number of halogens is 4. The van der Waals surface area contributed by atoms with Gasteiger partial charge in [-0.1, -0.05) is 23.7 Å². The van der Waals surface area contributed by atoms with Crippen molar-refractivity contribution in [2.24, 2.45) is 0 Å². The van der Waals surface area contributed by atoms with Crippen LogP contribution in [-0.2, 0) is 24.7 Å². The zero-order valence-corrected chi connectivity index (χ0v) is 26.7. The first-order valence-electron chi connectivity index (χ1n) is 14.7. The van der Waals surface area contributed by atoms with Crippen LogP contribution in [0.15, 0.2) is 60.9 Å². The van der Waals surface area contributed by atoms with Gasteiger partial charge in [0.2, 0.25) is 11.9 Å². The van der Waals surface area contributed by atoms with Crippen molar-refractivity contribution < 1.29 is 41.8 Å². The Morgan fingerprint density at radius 3 is 2.28 bits per heavy atom. The first kappa shape index (κ1) is 35.3. The van der Waals surface area contributed by atoms with Crippen LogP contribution in [0, 0.1) is 0 Å². The molecule has 2 aromatic carbocycles. The van der Waals surface area contributed by atoms with Gasteiger partial charge in [0.25, 0.3) is 5.91 Å². The predicted octanol–water partition coefficient (Wildman–Crippen LogP) is 3.06. The van der Waals surface area contributed by atoms with E-state index in [2.05, 4.69) is 51.7 Å². The smallest absolute Gasteiger partial charge is 0.422 e. The van der Waals surface area contributed by atoms with E-state index in [1.165, 1.54) is 36.7 Å². The molecule has 5 rings (SSSR count). The van der Waals surface area contributed by atoms with Crippen molar-refractivity contribution in [3.63, 3.8) is 0 Å². The monoisotopic (exact) mass is 716 g/mol. The highest BCUT2D eigenvalue weighted by Crippen LogP contribution is 2.48. The summed E-state index contributed by atoms with van der Waals surface area (Å²) < 4.78 is 48.2. The Bertz CT molecular complexity index is 1840. The minimum atomic E-state index is -4.64. The van der Waals surface area contributed by atoms with Gasteiger partial charge in [-0.25, -0.2) is 4.79 Å². The summed E-state index contributed by atoms with van der Waals surface area (Å²) in [5, 5.41) is 19.6. The molecule has 4 aromatic rings. The molecule has 2 aromatic heterocycles. The van der Waals surface area contributed by atoms with Crippen LogP contribution >= 0.6 is 11.6 Å². The molecule has 1 aliphatic carbocycles. The number of benzene rings is 2. The van der Waals surface area contributed by atoms with E-state index >= 15 is 0 Å². The number of H-pyrrole nitrogens is 1. The molecule has 16 nitrogen and oxygen atoms in total. The second-order valence-corrected chi connectivity index (χ2v) is 11.2. The van der Waals surface area contributed by atoms with Gasteiger partial charge < -0.3 is 36.1 Å². The summed E-state index contributed by atoms with van der Waals surface area (Å²) in [6, 6.07) is 10.8. The molecular formula is C30H28ClF3N10O6. The molecule has 1 aliphatic rings. The molecule has 50 heavy (non-hydrogen) atoms. The molecule has 0 unspecified atom stereocenters. The lowest BCUT2D eigenvalue weighted by atomic mass is 10.1. The molecule has 1 fully saturated rings. The molecular weight excluding hydrogens is 689 g/mol. The number of methoxy groups -OCH3 is 1. The van der Waals surface area contributed by atoms with Crippen molar-refractivity contribution in [3.05, 3.63) is 77.1 Å². The van der Waals surface area contributed by atoms with Crippen molar-refractivity contribution in [2.75, 3.05) is 36.2 Å². The van der Waals surface area contributed by atoms with E-state index in [-0.39, 0.29) is 23.1 Å². The molecule has 0 spiro atoms. The first-order chi connectivity index (χ1) is 23.8. The number of alkyl halides is 3. The molecule has 0 radical (unpaired) electrons. The van der Waals surface area contributed by atoms with Crippen LogP contribution in [0.3, 0.4) is 0 Å². The normalized spacial score (nSPS) is 13.7. The van der Waals surface area contributed by atoms with Gasteiger partial charge >= 0.3 is 30.0 Å². The summed E-state index contributed by atoms with van der Waals surface area (Å²) in [6.07, 6.45) is -0.607. The van der Waals surface area contributed by atoms with Gasteiger partial charge in [-0.15, -0.1) is 0 Å². The fourth-order valence-electron chi connectivity index (χ4n) is 4.47. The standard InChI is InChI=1S/C30H28ClF3N10O6/c1-49-25(48)21(14-35-23(46)24(47)38-20-12-36-37-13-20)40-22(45)16-2-8-19(9-3-16)39-26-41-27(43-28(42-26)50-15-30(32,33)34)44-29(10-11-29)17-4-6-18(31)7-5-17/h2-9,12-13,21H,10-11,14-15H2,1H3,(H,35,46)(H,36,37)(H,38,47)(H,40,45)(H2,39,41,42,43,44)/t21-/m0/s1. The SMILES string of the molecule is COC(=O)[C@H](CNC(=O)C(=O)Nc1cn[nH]c1)NC(=O)c1ccc(Nc2nc(NC3(c4ccc(Cl)cc4)CC3)nc(OCC(F)(F)F)n2)cc1. The third-order valence-electron chi connectivity index (χ3n) is 7.10. The number of hydrogen-bond donors (Lipinski definition) is 6. The Kier molecular flexibility index (Phi) is 10.6. The number of nitrogens with zero attached hydrogens (tertiary/aromatic N) is 4. The van der Waals surface area contributed by atoms with Crippen molar-refractivity contribution in [2.45, 2.75) is 30.6 Å². The predicted molar refractivity (Wildman–Crippen MR) is 171 cm³/mol. The summed E-state index contributed by atoms with van der Waals surface area (Å²) in [5.41, 5.74) is 0.983. The third kappa shape index (κ3) is 9.56. The van der Waals surface area contributed by atoms with E-state index in [1.807, 2.05) is 12.1 Å². The van der Waals surface area contributed by atoms with Gasteiger partial charge in [0.1, 0.15) is 6.04 Å². The molecule has 1 saturated carbocycles. The van der Waals surface area contributed by atoms with Crippen LogP contribution in [0.4, 0.5) is 36.4 Å². The van der Waals surface area contributed by atoms with Crippen LogP contribution < -0.4 is 31.3 Å². The van der Waals surface area contributed by atoms with Crippen molar-refractivity contribution in [1.82, 2.24) is 35.8 Å². The van der Waals surface area contributed by atoms with Gasteiger partial charge in [-0.05, 0) is 54.8 Å². The van der Waals surface area contributed by atoms with E-state index in [9.17, 15) is 32.3 Å². The molecule has 20 heteroatoms. The quantitative estimate of drug-likeness (QED) is 0.0870. The number of hydrogen-bond acceptors (Lipinski definition) is 12. The fourth-order valence-corrected chi connectivity index (χ4v) is 4.59. The summed E-state index contributed by atoms with van der Waals surface area (Å²) in [7, 11) is 1.08. The molecule has 6 N–H and O–H groups in total. The minimum absolute atomic E-state index is 0.0389.